The molecule has 2 aliphatic rings. The quantitative estimate of drug-likeness (QED) is 0.808. The Balaban J connectivity index is 1.89. The molecule has 2 N–H and O–H groups in total. The second kappa shape index (κ2) is 6.23. The fourth-order valence-electron chi connectivity index (χ4n) is 3.33. The van der Waals surface area contributed by atoms with Crippen LogP contribution in [0, 0.1) is 5.92 Å². The number of hydrogen-bond donors (Lipinski definition) is 2. The number of carbonyl (C=O) groups is 1. The van der Waals surface area contributed by atoms with Crippen LogP contribution < -0.4 is 10.6 Å². The molecule has 1 amide bonds. The summed E-state index contributed by atoms with van der Waals surface area (Å²) in [6.45, 7) is 10.1. The molecule has 1 saturated carbocycles. The molecular weight excluding hydrogens is 238 g/mol. The highest BCUT2D eigenvalue weighted by Gasteiger charge is 2.36. The maximum absolute atomic E-state index is 12.6. The van der Waals surface area contributed by atoms with Gasteiger partial charge in [0.1, 0.15) is 0 Å². The fraction of sp³-hybridized carbons (Fsp3) is 0.933. The molecule has 0 unspecified atom stereocenters. The molecule has 0 aromatic rings. The van der Waals surface area contributed by atoms with Crippen molar-refractivity contribution >= 4 is 5.91 Å². The highest BCUT2D eigenvalue weighted by atomic mass is 16.2. The van der Waals surface area contributed by atoms with Crippen molar-refractivity contribution in [1.82, 2.24) is 15.5 Å². The third-order valence-electron chi connectivity index (χ3n) is 4.93. The molecule has 1 heterocycles. The Labute approximate surface area is 117 Å². The Kier molecular flexibility index (Phi) is 4.85. The second-order valence-electron chi connectivity index (χ2n) is 6.60. The number of carbonyl (C=O) groups excluding carboxylic acids is 1. The molecule has 1 aliphatic heterocycles. The van der Waals surface area contributed by atoms with E-state index in [1.165, 1.54) is 25.7 Å². The Bertz CT molecular complexity index is 305. The Morgan fingerprint density at radius 1 is 1.26 bits per heavy atom. The van der Waals surface area contributed by atoms with Gasteiger partial charge in [-0.2, -0.15) is 0 Å². The van der Waals surface area contributed by atoms with E-state index in [4.69, 9.17) is 0 Å². The van der Waals surface area contributed by atoms with Crippen LogP contribution in [0.4, 0.5) is 0 Å². The van der Waals surface area contributed by atoms with Crippen LogP contribution in [0.2, 0.25) is 0 Å². The zero-order chi connectivity index (χ0) is 13.9. The number of nitrogens with one attached hydrogen (secondary N) is 2. The van der Waals surface area contributed by atoms with Crippen LogP contribution in [0.5, 0.6) is 0 Å². The molecule has 4 nitrogen and oxygen atoms in total. The molecule has 0 spiro atoms. The van der Waals surface area contributed by atoms with E-state index in [-0.39, 0.29) is 5.91 Å². The first kappa shape index (κ1) is 14.8. The minimum absolute atomic E-state index is 0.189. The van der Waals surface area contributed by atoms with Crippen molar-refractivity contribution < 1.29 is 4.79 Å². The fourth-order valence-corrected chi connectivity index (χ4v) is 3.33. The minimum atomic E-state index is -0.394. The number of hydrogen-bond acceptors (Lipinski definition) is 3. The summed E-state index contributed by atoms with van der Waals surface area (Å²) >= 11 is 0. The zero-order valence-corrected chi connectivity index (χ0v) is 12.7. The Morgan fingerprint density at radius 3 is 2.42 bits per heavy atom. The summed E-state index contributed by atoms with van der Waals surface area (Å²) in [5.41, 5.74) is -0.394. The number of piperazine rings is 1. The van der Waals surface area contributed by atoms with Gasteiger partial charge in [0.15, 0.2) is 0 Å². The van der Waals surface area contributed by atoms with Crippen LogP contribution in [-0.4, -0.2) is 48.6 Å². The van der Waals surface area contributed by atoms with Crippen molar-refractivity contribution in [3.8, 4) is 0 Å². The molecule has 0 bridgehead atoms. The Morgan fingerprint density at radius 2 is 1.84 bits per heavy atom. The van der Waals surface area contributed by atoms with E-state index < -0.39 is 5.54 Å². The minimum Gasteiger partial charge on any atom is -0.352 e. The lowest BCUT2D eigenvalue weighted by Gasteiger charge is -2.40. The van der Waals surface area contributed by atoms with E-state index in [1.807, 2.05) is 0 Å². The van der Waals surface area contributed by atoms with E-state index >= 15 is 0 Å². The van der Waals surface area contributed by atoms with Crippen LogP contribution >= 0.6 is 0 Å². The highest BCUT2D eigenvalue weighted by molar-refractivity contribution is 5.85. The summed E-state index contributed by atoms with van der Waals surface area (Å²) in [5.74, 6) is 0.872. The van der Waals surface area contributed by atoms with Gasteiger partial charge in [0.05, 0.1) is 5.54 Å². The van der Waals surface area contributed by atoms with Crippen LogP contribution in [0.3, 0.4) is 0 Å². The first-order valence-electron chi connectivity index (χ1n) is 7.78. The standard InChI is InChI=1S/C15H29N3O/c1-12(13-6-4-5-7-13)17-14(19)15(2,3)18-10-8-16-9-11-18/h12-13,16H,4-11H2,1-3H3,(H,17,19)/t12-/m0/s1. The van der Waals surface area contributed by atoms with Gasteiger partial charge in [0.2, 0.25) is 5.91 Å². The molecule has 0 aromatic heterocycles. The van der Waals surface area contributed by atoms with Crippen molar-refractivity contribution in [2.75, 3.05) is 26.2 Å². The molecular formula is C15H29N3O. The van der Waals surface area contributed by atoms with Gasteiger partial charge >= 0.3 is 0 Å². The third-order valence-corrected chi connectivity index (χ3v) is 4.93. The van der Waals surface area contributed by atoms with Gasteiger partial charge in [0.25, 0.3) is 0 Å². The molecule has 110 valence electrons. The average Bonchev–Trinajstić information content (AvgIpc) is 2.93. The summed E-state index contributed by atoms with van der Waals surface area (Å²) in [6, 6.07) is 0.317. The van der Waals surface area contributed by atoms with Crippen LogP contribution in [0.1, 0.15) is 46.5 Å². The van der Waals surface area contributed by atoms with E-state index in [2.05, 4.69) is 36.3 Å². The average molecular weight is 267 g/mol. The number of nitrogens with zero attached hydrogens (tertiary/aromatic N) is 1. The van der Waals surface area contributed by atoms with Crippen molar-refractivity contribution in [1.29, 1.82) is 0 Å². The molecule has 0 radical (unpaired) electrons. The van der Waals surface area contributed by atoms with Crippen molar-refractivity contribution in [2.24, 2.45) is 5.92 Å². The smallest absolute Gasteiger partial charge is 0.240 e. The van der Waals surface area contributed by atoms with Crippen molar-refractivity contribution in [3.63, 3.8) is 0 Å². The molecule has 0 aromatic carbocycles. The lowest BCUT2D eigenvalue weighted by molar-refractivity contribution is -0.133. The maximum Gasteiger partial charge on any atom is 0.240 e. The van der Waals surface area contributed by atoms with Crippen LogP contribution in [-0.2, 0) is 4.79 Å². The summed E-state index contributed by atoms with van der Waals surface area (Å²) < 4.78 is 0. The number of amides is 1. The van der Waals surface area contributed by atoms with Crippen molar-refractivity contribution in [2.45, 2.75) is 58.0 Å². The SMILES string of the molecule is C[C@H](NC(=O)C(C)(C)N1CCNCC1)C1CCCC1. The monoisotopic (exact) mass is 267 g/mol. The van der Waals surface area contributed by atoms with Crippen molar-refractivity contribution in [3.05, 3.63) is 0 Å². The first-order valence-corrected chi connectivity index (χ1v) is 7.78. The predicted octanol–water partition coefficient (Wildman–Crippen LogP) is 1.37. The van der Waals surface area contributed by atoms with Crippen LogP contribution in [0.25, 0.3) is 0 Å². The van der Waals surface area contributed by atoms with Gasteiger partial charge < -0.3 is 10.6 Å². The third kappa shape index (κ3) is 3.48. The molecule has 2 rings (SSSR count). The van der Waals surface area contributed by atoms with E-state index in [0.29, 0.717) is 12.0 Å². The van der Waals surface area contributed by atoms with E-state index in [1.54, 1.807) is 0 Å². The van der Waals surface area contributed by atoms with Gasteiger partial charge in [-0.25, -0.2) is 0 Å². The first-order chi connectivity index (χ1) is 9.01. The van der Waals surface area contributed by atoms with Gasteiger partial charge in [-0.15, -0.1) is 0 Å². The molecule has 1 saturated heterocycles. The Hall–Kier alpha value is -0.610. The van der Waals surface area contributed by atoms with Gasteiger partial charge in [0, 0.05) is 32.2 Å². The lowest BCUT2D eigenvalue weighted by atomic mass is 9.96. The zero-order valence-electron chi connectivity index (χ0n) is 12.7. The molecule has 1 aliphatic carbocycles. The largest absolute Gasteiger partial charge is 0.352 e. The summed E-state index contributed by atoms with van der Waals surface area (Å²) in [7, 11) is 0. The second-order valence-corrected chi connectivity index (χ2v) is 6.60. The summed E-state index contributed by atoms with van der Waals surface area (Å²) in [5, 5.41) is 6.60. The molecule has 1 atom stereocenters. The topological polar surface area (TPSA) is 44.4 Å². The summed E-state index contributed by atoms with van der Waals surface area (Å²) in [6.07, 6.45) is 5.20. The number of rotatable bonds is 4. The van der Waals surface area contributed by atoms with E-state index in [9.17, 15) is 4.79 Å². The van der Waals surface area contributed by atoms with Gasteiger partial charge in [-0.1, -0.05) is 12.8 Å². The van der Waals surface area contributed by atoms with Gasteiger partial charge in [-0.3, -0.25) is 9.69 Å². The molecule has 19 heavy (non-hydrogen) atoms. The predicted molar refractivity (Wildman–Crippen MR) is 78.1 cm³/mol. The van der Waals surface area contributed by atoms with Crippen LogP contribution in [0.15, 0.2) is 0 Å². The normalized spacial score (nSPS) is 24.4. The van der Waals surface area contributed by atoms with E-state index in [0.717, 1.165) is 26.2 Å². The molecule has 4 heteroatoms. The maximum atomic E-state index is 12.6. The molecule has 2 fully saturated rings. The summed E-state index contributed by atoms with van der Waals surface area (Å²) in [4.78, 5) is 14.8. The lowest BCUT2D eigenvalue weighted by Crippen LogP contribution is -2.61. The highest BCUT2D eigenvalue weighted by Crippen LogP contribution is 2.28. The van der Waals surface area contributed by atoms with Gasteiger partial charge in [-0.05, 0) is 39.5 Å².